The van der Waals surface area contributed by atoms with Crippen LogP contribution in [0.2, 0.25) is 0 Å². The van der Waals surface area contributed by atoms with E-state index >= 15 is 0 Å². The molecule has 1 aromatic heterocycles. The van der Waals surface area contributed by atoms with E-state index in [2.05, 4.69) is 9.97 Å². The first-order chi connectivity index (χ1) is 7.38. The molecule has 15 heavy (non-hydrogen) atoms. The highest BCUT2D eigenvalue weighted by Gasteiger charge is 1.96. The molecule has 0 saturated carbocycles. The van der Waals surface area contributed by atoms with Crippen molar-refractivity contribution in [3.8, 4) is 0 Å². The van der Waals surface area contributed by atoms with Gasteiger partial charge in [0.1, 0.15) is 21.7 Å². The summed E-state index contributed by atoms with van der Waals surface area (Å²) in [6.07, 6.45) is 2.37. The van der Waals surface area contributed by atoms with Crippen molar-refractivity contribution in [3.05, 3.63) is 58.6 Å². The van der Waals surface area contributed by atoms with Crippen LogP contribution in [0.15, 0.2) is 42.6 Å². The van der Waals surface area contributed by atoms with Crippen LogP contribution in [0.5, 0.6) is 0 Å². The summed E-state index contributed by atoms with van der Waals surface area (Å²) in [5.74, 6) is 0.807. The molecular weight excluding hydrogens is 208 g/mol. The minimum atomic E-state index is 0.448. The highest BCUT2D eigenvalue weighted by Crippen LogP contribution is 2.03. The lowest BCUT2D eigenvalue weighted by molar-refractivity contribution is 0.699. The van der Waals surface area contributed by atoms with E-state index in [0.29, 0.717) is 15.9 Å². The SMILES string of the molecule is O=S=c1ccnc(Cc2ccccc2)[nH]1. The van der Waals surface area contributed by atoms with Gasteiger partial charge in [0, 0.05) is 12.6 Å². The zero-order chi connectivity index (χ0) is 10.5. The van der Waals surface area contributed by atoms with Gasteiger partial charge in [-0.05, 0) is 11.6 Å². The molecule has 0 amide bonds. The molecule has 1 aromatic carbocycles. The smallest absolute Gasteiger partial charge is 0.136 e. The number of rotatable bonds is 2. The Morgan fingerprint density at radius 3 is 2.73 bits per heavy atom. The van der Waals surface area contributed by atoms with Crippen molar-refractivity contribution in [2.75, 3.05) is 0 Å². The van der Waals surface area contributed by atoms with Crippen molar-refractivity contribution in [2.45, 2.75) is 6.42 Å². The van der Waals surface area contributed by atoms with Crippen LogP contribution in [0.1, 0.15) is 11.4 Å². The summed E-state index contributed by atoms with van der Waals surface area (Å²) in [4.78, 5) is 7.16. The van der Waals surface area contributed by atoms with Gasteiger partial charge in [-0.1, -0.05) is 30.3 Å². The van der Waals surface area contributed by atoms with Gasteiger partial charge in [0.2, 0.25) is 0 Å². The quantitative estimate of drug-likeness (QED) is 0.780. The second-order valence-corrected chi connectivity index (χ2v) is 3.73. The van der Waals surface area contributed by atoms with E-state index in [1.807, 2.05) is 30.3 Å². The minimum absolute atomic E-state index is 0.448. The summed E-state index contributed by atoms with van der Waals surface area (Å²) in [6.45, 7) is 0. The molecule has 0 radical (unpaired) electrons. The number of hydrogen-bond acceptors (Lipinski definition) is 2. The minimum Gasteiger partial charge on any atom is -0.333 e. The molecule has 4 heteroatoms. The van der Waals surface area contributed by atoms with Crippen LogP contribution in [0, 0.1) is 4.64 Å². The summed E-state index contributed by atoms with van der Waals surface area (Å²) < 4.78 is 11.2. The van der Waals surface area contributed by atoms with Crippen LogP contribution in [-0.2, 0) is 17.7 Å². The highest BCUT2D eigenvalue weighted by molar-refractivity contribution is 7.56. The topological polar surface area (TPSA) is 45.8 Å². The van der Waals surface area contributed by atoms with Gasteiger partial charge < -0.3 is 4.98 Å². The maximum Gasteiger partial charge on any atom is 0.136 e. The number of hydrogen-bond donors (Lipinski definition) is 1. The summed E-state index contributed by atoms with van der Waals surface area (Å²) in [7, 11) is 0. The van der Waals surface area contributed by atoms with Crippen LogP contribution in [0.3, 0.4) is 0 Å². The van der Waals surface area contributed by atoms with Crippen molar-refractivity contribution in [3.63, 3.8) is 0 Å². The zero-order valence-corrected chi connectivity index (χ0v) is 8.83. The van der Waals surface area contributed by atoms with Gasteiger partial charge in [-0.2, -0.15) is 0 Å². The van der Waals surface area contributed by atoms with Crippen LogP contribution < -0.4 is 0 Å². The third-order valence-corrected chi connectivity index (χ3v) is 2.45. The predicted octanol–water partition coefficient (Wildman–Crippen LogP) is 1.75. The fourth-order valence-corrected chi connectivity index (χ4v) is 1.61. The second kappa shape index (κ2) is 4.70. The van der Waals surface area contributed by atoms with Gasteiger partial charge in [-0.25, -0.2) is 9.19 Å². The van der Waals surface area contributed by atoms with Crippen molar-refractivity contribution < 1.29 is 4.21 Å². The fourth-order valence-electron chi connectivity index (χ4n) is 1.34. The summed E-state index contributed by atoms with van der Waals surface area (Å²) >= 11 is 0.448. The van der Waals surface area contributed by atoms with Crippen LogP contribution in [0.25, 0.3) is 0 Å². The Kier molecular flexibility index (Phi) is 3.09. The standard InChI is InChI=1S/C11H10N2OS/c14-15-11-6-7-12-10(13-11)8-9-4-2-1-3-5-9/h1-7H,8H2,(H,12,13). The van der Waals surface area contributed by atoms with Gasteiger partial charge >= 0.3 is 0 Å². The third-order valence-electron chi connectivity index (χ3n) is 2.03. The van der Waals surface area contributed by atoms with Crippen molar-refractivity contribution in [2.24, 2.45) is 0 Å². The van der Waals surface area contributed by atoms with E-state index in [1.165, 1.54) is 5.56 Å². The van der Waals surface area contributed by atoms with Crippen LogP contribution in [-0.4, -0.2) is 14.2 Å². The van der Waals surface area contributed by atoms with Crippen LogP contribution in [0.4, 0.5) is 0 Å². The second-order valence-electron chi connectivity index (χ2n) is 3.13. The zero-order valence-electron chi connectivity index (χ0n) is 8.01. The van der Waals surface area contributed by atoms with E-state index in [9.17, 15) is 4.21 Å². The summed E-state index contributed by atoms with van der Waals surface area (Å²) in [5, 5.41) is 0. The molecule has 2 rings (SSSR count). The summed E-state index contributed by atoms with van der Waals surface area (Å²) in [5.41, 5.74) is 1.18. The molecule has 0 aliphatic heterocycles. The van der Waals surface area contributed by atoms with E-state index in [0.717, 1.165) is 12.2 Å². The van der Waals surface area contributed by atoms with Crippen molar-refractivity contribution >= 4 is 11.3 Å². The van der Waals surface area contributed by atoms with Gasteiger partial charge in [0.05, 0.1) is 0 Å². The van der Waals surface area contributed by atoms with E-state index in [1.54, 1.807) is 12.3 Å². The molecule has 0 atom stereocenters. The van der Waals surface area contributed by atoms with Gasteiger partial charge in [0.15, 0.2) is 0 Å². The molecule has 0 fully saturated rings. The monoisotopic (exact) mass is 218 g/mol. The Morgan fingerprint density at radius 2 is 2.00 bits per heavy atom. The maximum absolute atomic E-state index is 10.6. The van der Waals surface area contributed by atoms with E-state index in [4.69, 9.17) is 0 Å². The largest absolute Gasteiger partial charge is 0.333 e. The first-order valence-corrected chi connectivity index (χ1v) is 5.33. The van der Waals surface area contributed by atoms with Crippen molar-refractivity contribution in [1.29, 1.82) is 0 Å². The lowest BCUT2D eigenvalue weighted by atomic mass is 10.1. The lowest BCUT2D eigenvalue weighted by Crippen LogP contribution is -1.95. The molecule has 0 spiro atoms. The summed E-state index contributed by atoms with van der Waals surface area (Å²) in [6, 6.07) is 11.7. The number of benzene rings is 1. The molecule has 0 saturated heterocycles. The highest BCUT2D eigenvalue weighted by atomic mass is 32.1. The number of aromatic amines is 1. The Labute approximate surface area is 90.9 Å². The molecule has 76 valence electrons. The normalized spacial score (nSPS) is 9.87. The first kappa shape index (κ1) is 9.86. The molecule has 0 bridgehead atoms. The van der Waals surface area contributed by atoms with Crippen molar-refractivity contribution in [1.82, 2.24) is 9.97 Å². The van der Waals surface area contributed by atoms with E-state index in [-0.39, 0.29) is 0 Å². The van der Waals surface area contributed by atoms with E-state index < -0.39 is 0 Å². The van der Waals surface area contributed by atoms with Gasteiger partial charge in [0.25, 0.3) is 0 Å². The number of nitrogens with one attached hydrogen (secondary N) is 1. The number of nitrogens with zero attached hydrogens (tertiary/aromatic N) is 1. The molecular formula is C11H10N2OS. The molecule has 3 nitrogen and oxygen atoms in total. The average molecular weight is 218 g/mol. The molecule has 0 aliphatic carbocycles. The average Bonchev–Trinajstić information content (AvgIpc) is 2.31. The molecule has 0 aliphatic rings. The van der Waals surface area contributed by atoms with Crippen LogP contribution >= 0.6 is 0 Å². The van der Waals surface area contributed by atoms with Gasteiger partial charge in [-0.15, -0.1) is 0 Å². The fraction of sp³-hybridized carbons (Fsp3) is 0.0909. The predicted molar refractivity (Wildman–Crippen MR) is 59.2 cm³/mol. The first-order valence-electron chi connectivity index (χ1n) is 4.59. The molecule has 1 N–H and O–H groups in total. The van der Waals surface area contributed by atoms with Gasteiger partial charge in [-0.3, -0.25) is 0 Å². The molecule has 2 aromatic rings. The Bertz CT molecular complexity index is 530. The number of H-pyrrole nitrogens is 1. The Hall–Kier alpha value is -1.68. The molecule has 0 unspecified atom stereocenters. The number of aromatic nitrogens is 2. The Morgan fingerprint density at radius 1 is 1.20 bits per heavy atom. The maximum atomic E-state index is 10.6. The third kappa shape index (κ3) is 2.63. The molecule has 1 heterocycles. The Balaban J connectivity index is 2.29. The lowest BCUT2D eigenvalue weighted by Gasteiger charge is -1.99.